The normalized spacial score (nSPS) is 12.2. The lowest BCUT2D eigenvalue weighted by Gasteiger charge is -2.17. The summed E-state index contributed by atoms with van der Waals surface area (Å²) in [5.41, 5.74) is -1.41. The first-order chi connectivity index (χ1) is 7.68. The Bertz CT molecular complexity index is 576. The molecule has 1 N–H and O–H groups in total. The molecule has 1 rings (SSSR count). The van der Waals surface area contributed by atoms with E-state index >= 15 is 0 Å². The third kappa shape index (κ3) is 3.22. The van der Waals surface area contributed by atoms with Gasteiger partial charge in [-0.1, -0.05) is 0 Å². The number of benzene rings is 1. The van der Waals surface area contributed by atoms with Crippen molar-refractivity contribution in [3.8, 4) is 6.07 Å². The Kier molecular flexibility index (Phi) is 3.50. The number of hydrogen-bond donors (Lipinski definition) is 1. The zero-order valence-electron chi connectivity index (χ0n) is 9.16. The smallest absolute Gasteiger partial charge is 0.207 e. The van der Waals surface area contributed by atoms with Gasteiger partial charge in [-0.25, -0.2) is 17.2 Å². The van der Waals surface area contributed by atoms with E-state index in [9.17, 15) is 17.2 Å². The van der Waals surface area contributed by atoms with Gasteiger partial charge in [0.1, 0.15) is 22.1 Å². The van der Waals surface area contributed by atoms with E-state index in [0.29, 0.717) is 12.1 Å². The van der Waals surface area contributed by atoms with Gasteiger partial charge in [0.2, 0.25) is 10.0 Å². The van der Waals surface area contributed by atoms with Gasteiger partial charge in [-0.2, -0.15) is 9.98 Å². The van der Waals surface area contributed by atoms with Crippen LogP contribution in [0.3, 0.4) is 0 Å². The van der Waals surface area contributed by atoms with Crippen molar-refractivity contribution in [1.29, 1.82) is 5.26 Å². The Morgan fingerprint density at radius 3 is 2.47 bits per heavy atom. The molecule has 0 fully saturated rings. The second kappa shape index (κ2) is 4.39. The maximum Gasteiger partial charge on any atom is 0.244 e. The van der Waals surface area contributed by atoms with Gasteiger partial charge in [-0.05, 0) is 32.0 Å². The molecule has 0 saturated carbocycles. The van der Waals surface area contributed by atoms with Gasteiger partial charge >= 0.3 is 0 Å². The molecule has 0 saturated heterocycles. The second-order valence-corrected chi connectivity index (χ2v) is 5.57. The summed E-state index contributed by atoms with van der Waals surface area (Å²) in [4.78, 5) is -0.819. The van der Waals surface area contributed by atoms with Gasteiger partial charge in [0.05, 0.1) is 6.07 Å². The lowest BCUT2D eigenvalue weighted by Crippen LogP contribution is -2.42. The van der Waals surface area contributed by atoms with E-state index in [1.165, 1.54) is 13.8 Å². The predicted molar refractivity (Wildman–Crippen MR) is 56.4 cm³/mol. The molecular weight excluding hydrogens is 250 g/mol. The highest BCUT2D eigenvalue weighted by Crippen LogP contribution is 2.17. The SMILES string of the molecule is CC(C)(C#N)NS(=O)(=O)c1cc(F)ccc1F. The topological polar surface area (TPSA) is 70.0 Å². The molecule has 0 spiro atoms. The molecule has 0 aromatic heterocycles. The molecule has 0 atom stereocenters. The molecule has 17 heavy (non-hydrogen) atoms. The van der Waals surface area contributed by atoms with Crippen LogP contribution in [-0.2, 0) is 10.0 Å². The van der Waals surface area contributed by atoms with Crippen LogP contribution < -0.4 is 4.72 Å². The fourth-order valence-corrected chi connectivity index (χ4v) is 2.52. The zero-order chi connectivity index (χ0) is 13.3. The first kappa shape index (κ1) is 13.5. The van der Waals surface area contributed by atoms with Crippen LogP contribution in [0.1, 0.15) is 13.8 Å². The van der Waals surface area contributed by atoms with Crippen molar-refractivity contribution >= 4 is 10.0 Å². The molecule has 1 aromatic carbocycles. The molecule has 4 nitrogen and oxygen atoms in total. The summed E-state index contributed by atoms with van der Waals surface area (Å²) < 4.78 is 51.5. The number of nitrogens with zero attached hydrogens (tertiary/aromatic N) is 1. The lowest BCUT2D eigenvalue weighted by molar-refractivity contribution is 0.519. The molecule has 92 valence electrons. The third-order valence-electron chi connectivity index (χ3n) is 1.85. The fourth-order valence-electron chi connectivity index (χ4n) is 1.10. The molecule has 0 aliphatic heterocycles. The van der Waals surface area contributed by atoms with Gasteiger partial charge in [-0.15, -0.1) is 0 Å². The van der Waals surface area contributed by atoms with Gasteiger partial charge in [0.15, 0.2) is 0 Å². The minimum absolute atomic E-state index is 0.561. The number of rotatable bonds is 3. The van der Waals surface area contributed by atoms with Crippen molar-refractivity contribution in [2.75, 3.05) is 0 Å². The first-order valence-electron chi connectivity index (χ1n) is 4.58. The maximum absolute atomic E-state index is 13.3. The number of sulfonamides is 1. The summed E-state index contributed by atoms with van der Waals surface area (Å²) in [5.74, 6) is -1.95. The quantitative estimate of drug-likeness (QED) is 0.896. The molecule has 0 aliphatic carbocycles. The van der Waals surface area contributed by atoms with Crippen LogP contribution in [0.2, 0.25) is 0 Å². The van der Waals surface area contributed by atoms with E-state index in [2.05, 4.69) is 0 Å². The summed E-state index contributed by atoms with van der Waals surface area (Å²) in [6.45, 7) is 2.61. The molecule has 0 amide bonds. The Morgan fingerprint density at radius 1 is 1.35 bits per heavy atom. The molecule has 0 radical (unpaired) electrons. The summed E-state index contributed by atoms with van der Waals surface area (Å²) in [5, 5.41) is 8.68. The van der Waals surface area contributed by atoms with Crippen LogP contribution in [0.25, 0.3) is 0 Å². The van der Waals surface area contributed by atoms with Gasteiger partial charge in [-0.3, -0.25) is 0 Å². The average Bonchev–Trinajstić information content (AvgIpc) is 2.20. The van der Waals surface area contributed by atoms with Crippen LogP contribution in [0, 0.1) is 23.0 Å². The Morgan fingerprint density at radius 2 is 1.94 bits per heavy atom. The number of halogens is 2. The van der Waals surface area contributed by atoms with Crippen molar-refractivity contribution in [3.63, 3.8) is 0 Å². The van der Waals surface area contributed by atoms with Crippen LogP contribution in [0.15, 0.2) is 23.1 Å². The average molecular weight is 260 g/mol. The van der Waals surface area contributed by atoms with Crippen LogP contribution >= 0.6 is 0 Å². The minimum Gasteiger partial charge on any atom is -0.207 e. The van der Waals surface area contributed by atoms with Crippen molar-refractivity contribution in [2.24, 2.45) is 0 Å². The zero-order valence-corrected chi connectivity index (χ0v) is 9.98. The number of hydrogen-bond acceptors (Lipinski definition) is 3. The van der Waals surface area contributed by atoms with Crippen molar-refractivity contribution in [2.45, 2.75) is 24.3 Å². The Hall–Kier alpha value is -1.52. The van der Waals surface area contributed by atoms with Gasteiger partial charge in [0.25, 0.3) is 0 Å². The highest BCUT2D eigenvalue weighted by Gasteiger charge is 2.28. The van der Waals surface area contributed by atoms with Crippen LogP contribution in [0.5, 0.6) is 0 Å². The third-order valence-corrected chi connectivity index (χ3v) is 3.52. The summed E-state index contributed by atoms with van der Waals surface area (Å²) in [7, 11) is -4.27. The van der Waals surface area contributed by atoms with E-state index in [1.807, 2.05) is 4.72 Å². The van der Waals surface area contributed by atoms with E-state index in [-0.39, 0.29) is 0 Å². The molecule has 7 heteroatoms. The molecule has 0 bridgehead atoms. The van der Waals surface area contributed by atoms with E-state index in [1.54, 1.807) is 6.07 Å². The van der Waals surface area contributed by atoms with Crippen LogP contribution in [-0.4, -0.2) is 14.0 Å². The minimum atomic E-state index is -4.27. The highest BCUT2D eigenvalue weighted by molar-refractivity contribution is 7.89. The highest BCUT2D eigenvalue weighted by atomic mass is 32.2. The van der Waals surface area contributed by atoms with E-state index in [0.717, 1.165) is 6.07 Å². The summed E-state index contributed by atoms with van der Waals surface area (Å²) in [6.07, 6.45) is 0. The predicted octanol–water partition coefficient (Wildman–Crippen LogP) is 1.55. The first-order valence-corrected chi connectivity index (χ1v) is 6.06. The lowest BCUT2D eigenvalue weighted by atomic mass is 10.1. The summed E-state index contributed by atoms with van der Waals surface area (Å²) >= 11 is 0. The van der Waals surface area contributed by atoms with E-state index in [4.69, 9.17) is 5.26 Å². The molecule has 0 heterocycles. The molecule has 0 unspecified atom stereocenters. The summed E-state index contributed by atoms with van der Waals surface area (Å²) in [6, 6.07) is 3.78. The molecule has 1 aromatic rings. The Labute approximate surface area is 97.9 Å². The van der Waals surface area contributed by atoms with Crippen molar-refractivity contribution in [3.05, 3.63) is 29.8 Å². The number of nitrogens with one attached hydrogen (secondary N) is 1. The second-order valence-electron chi connectivity index (χ2n) is 3.92. The monoisotopic (exact) mass is 260 g/mol. The van der Waals surface area contributed by atoms with Gasteiger partial charge < -0.3 is 0 Å². The van der Waals surface area contributed by atoms with Crippen molar-refractivity contribution < 1.29 is 17.2 Å². The maximum atomic E-state index is 13.3. The van der Waals surface area contributed by atoms with Crippen LogP contribution in [0.4, 0.5) is 8.78 Å². The van der Waals surface area contributed by atoms with Gasteiger partial charge in [0, 0.05) is 0 Å². The van der Waals surface area contributed by atoms with E-state index < -0.39 is 32.1 Å². The van der Waals surface area contributed by atoms with Crippen molar-refractivity contribution in [1.82, 2.24) is 4.72 Å². The fraction of sp³-hybridized carbons (Fsp3) is 0.300. The number of nitriles is 1. The Balaban J connectivity index is 3.24. The molecular formula is C10H10F2N2O2S. The standard InChI is InChI=1S/C10H10F2N2O2S/c1-10(2,6-13)14-17(15,16)9-5-7(11)3-4-8(9)12/h3-5,14H,1-2H3. The molecule has 0 aliphatic rings. The largest absolute Gasteiger partial charge is 0.244 e.